The number of ether oxygens (including phenoxy) is 1. The zero-order valence-electron chi connectivity index (χ0n) is 18.2. The Balaban J connectivity index is 1.68. The Kier molecular flexibility index (Phi) is 4.57. The van der Waals surface area contributed by atoms with Crippen molar-refractivity contribution in [1.82, 2.24) is 0 Å². The minimum atomic E-state index is -1.01. The number of hydrogen-bond donors (Lipinski definition) is 2. The number of aromatic carboxylic acids is 2. The SMILES string of the molecule is O=C(O)c1ccc2c3c(ccc2c1)Oc1ccc2cc(C(=O)O)ccc2c1C3c1ccc(F)cc1. The van der Waals surface area contributed by atoms with E-state index in [4.69, 9.17) is 4.74 Å². The van der Waals surface area contributed by atoms with Gasteiger partial charge in [-0.15, -0.1) is 0 Å². The van der Waals surface area contributed by atoms with Crippen LogP contribution in [0, 0.1) is 5.82 Å². The van der Waals surface area contributed by atoms with Crippen LogP contribution in [0.15, 0.2) is 84.9 Å². The lowest BCUT2D eigenvalue weighted by Gasteiger charge is -2.31. The van der Waals surface area contributed by atoms with Crippen LogP contribution < -0.4 is 4.74 Å². The van der Waals surface area contributed by atoms with E-state index < -0.39 is 11.9 Å². The van der Waals surface area contributed by atoms with Crippen LogP contribution in [0.1, 0.15) is 43.3 Å². The molecule has 1 heterocycles. The number of benzene rings is 5. The second-order valence-electron chi connectivity index (χ2n) is 8.52. The number of rotatable bonds is 3. The van der Waals surface area contributed by atoms with E-state index in [9.17, 15) is 24.2 Å². The van der Waals surface area contributed by atoms with Crippen LogP contribution in [0.25, 0.3) is 21.5 Å². The van der Waals surface area contributed by atoms with Crippen molar-refractivity contribution in [2.75, 3.05) is 0 Å². The number of carboxylic acid groups (broad SMARTS) is 2. The monoisotopic (exact) mass is 464 g/mol. The summed E-state index contributed by atoms with van der Waals surface area (Å²) >= 11 is 0. The number of halogens is 1. The second kappa shape index (κ2) is 7.67. The Morgan fingerprint density at radius 2 is 1.14 bits per heavy atom. The molecule has 0 unspecified atom stereocenters. The fraction of sp³-hybridized carbons (Fsp3) is 0.0345. The van der Waals surface area contributed by atoms with E-state index in [1.54, 1.807) is 48.5 Å². The maximum absolute atomic E-state index is 13.9. The summed E-state index contributed by atoms with van der Waals surface area (Å²) in [5, 5.41) is 22.0. The number of carbonyl (C=O) groups is 2. The number of hydrogen-bond acceptors (Lipinski definition) is 3. The van der Waals surface area contributed by atoms with Crippen molar-refractivity contribution in [3.63, 3.8) is 0 Å². The summed E-state index contributed by atoms with van der Waals surface area (Å²) in [6.45, 7) is 0. The standard InChI is InChI=1S/C29H17FO5/c30-20-7-1-15(2-8-20)25-26-21-9-3-18(28(31)32)13-16(21)5-11-23(26)35-24-12-6-17-14-19(29(33)34)4-10-22(17)27(24)25/h1-14,25H,(H,31,32)(H,33,34). The topological polar surface area (TPSA) is 83.8 Å². The summed E-state index contributed by atoms with van der Waals surface area (Å²) in [6, 6.07) is 23.5. The Hall–Kier alpha value is -4.71. The van der Waals surface area contributed by atoms with E-state index in [0.29, 0.717) is 11.5 Å². The number of carboxylic acids is 2. The minimum absolute atomic E-state index is 0.180. The molecule has 0 saturated carbocycles. The van der Waals surface area contributed by atoms with Gasteiger partial charge in [-0.25, -0.2) is 14.0 Å². The fourth-order valence-corrected chi connectivity index (χ4v) is 4.96. The van der Waals surface area contributed by atoms with Crippen LogP contribution in [0.2, 0.25) is 0 Å². The van der Waals surface area contributed by atoms with Gasteiger partial charge in [0.2, 0.25) is 0 Å². The molecule has 1 aliphatic rings. The van der Waals surface area contributed by atoms with Crippen molar-refractivity contribution in [3.8, 4) is 11.5 Å². The average molecular weight is 464 g/mol. The van der Waals surface area contributed by atoms with E-state index in [0.717, 1.165) is 38.2 Å². The highest BCUT2D eigenvalue weighted by molar-refractivity contribution is 6.00. The smallest absolute Gasteiger partial charge is 0.335 e. The van der Waals surface area contributed by atoms with Gasteiger partial charge in [-0.3, -0.25) is 0 Å². The summed E-state index contributed by atoms with van der Waals surface area (Å²) in [5.41, 5.74) is 2.88. The zero-order valence-corrected chi connectivity index (χ0v) is 18.2. The molecular weight excluding hydrogens is 447 g/mol. The van der Waals surface area contributed by atoms with Gasteiger partial charge in [0, 0.05) is 17.0 Å². The van der Waals surface area contributed by atoms with Gasteiger partial charge in [-0.05, 0) is 75.6 Å². The molecule has 0 amide bonds. The van der Waals surface area contributed by atoms with Crippen molar-refractivity contribution < 1.29 is 28.9 Å². The van der Waals surface area contributed by atoms with E-state index in [1.165, 1.54) is 12.1 Å². The minimum Gasteiger partial charge on any atom is -0.478 e. The normalized spacial score (nSPS) is 12.7. The lowest BCUT2D eigenvalue weighted by Crippen LogP contribution is -2.13. The molecule has 6 rings (SSSR count). The third-order valence-electron chi connectivity index (χ3n) is 6.54. The highest BCUT2D eigenvalue weighted by Gasteiger charge is 2.32. The average Bonchev–Trinajstić information content (AvgIpc) is 2.86. The van der Waals surface area contributed by atoms with E-state index in [-0.39, 0.29) is 22.9 Å². The van der Waals surface area contributed by atoms with Gasteiger partial charge in [0.25, 0.3) is 0 Å². The third-order valence-corrected chi connectivity index (χ3v) is 6.54. The van der Waals surface area contributed by atoms with Gasteiger partial charge < -0.3 is 14.9 Å². The Bertz CT molecular complexity index is 1580. The lowest BCUT2D eigenvalue weighted by molar-refractivity contribution is 0.0686. The second-order valence-corrected chi connectivity index (χ2v) is 8.52. The van der Waals surface area contributed by atoms with Crippen LogP contribution in [-0.4, -0.2) is 22.2 Å². The first-order valence-electron chi connectivity index (χ1n) is 10.9. The quantitative estimate of drug-likeness (QED) is 0.300. The molecule has 0 atom stereocenters. The van der Waals surface area contributed by atoms with Gasteiger partial charge in [0.05, 0.1) is 11.1 Å². The Morgan fingerprint density at radius 3 is 1.60 bits per heavy atom. The fourth-order valence-electron chi connectivity index (χ4n) is 4.96. The molecule has 0 spiro atoms. The van der Waals surface area contributed by atoms with Crippen molar-refractivity contribution in [2.24, 2.45) is 0 Å². The third kappa shape index (κ3) is 3.30. The summed E-state index contributed by atoms with van der Waals surface area (Å²) in [5.74, 6) is -1.47. The molecule has 35 heavy (non-hydrogen) atoms. The van der Waals surface area contributed by atoms with Crippen molar-refractivity contribution in [2.45, 2.75) is 5.92 Å². The zero-order chi connectivity index (χ0) is 24.3. The van der Waals surface area contributed by atoms with E-state index in [2.05, 4.69) is 0 Å². The van der Waals surface area contributed by atoms with Crippen molar-refractivity contribution in [1.29, 1.82) is 0 Å². The molecule has 0 fully saturated rings. The molecular formula is C29H17FO5. The summed E-state index contributed by atoms with van der Waals surface area (Å²) in [7, 11) is 0. The van der Waals surface area contributed by atoms with Gasteiger partial charge in [-0.2, -0.15) is 0 Å². The largest absolute Gasteiger partial charge is 0.478 e. The molecule has 0 aliphatic carbocycles. The molecule has 2 N–H and O–H groups in total. The van der Waals surface area contributed by atoms with Crippen molar-refractivity contribution in [3.05, 3.63) is 119 Å². The van der Waals surface area contributed by atoms with Crippen LogP contribution in [-0.2, 0) is 0 Å². The maximum atomic E-state index is 13.9. The molecule has 5 aromatic rings. The summed E-state index contributed by atoms with van der Waals surface area (Å²) < 4.78 is 20.2. The predicted molar refractivity (Wildman–Crippen MR) is 129 cm³/mol. The highest BCUT2D eigenvalue weighted by Crippen LogP contribution is 2.52. The molecule has 170 valence electrons. The van der Waals surface area contributed by atoms with Gasteiger partial charge in [-0.1, -0.05) is 36.4 Å². The van der Waals surface area contributed by atoms with Crippen LogP contribution in [0.3, 0.4) is 0 Å². The predicted octanol–water partition coefficient (Wildman–Crippen LogP) is 6.81. The summed E-state index contributed by atoms with van der Waals surface area (Å²) in [6.07, 6.45) is 0. The summed E-state index contributed by atoms with van der Waals surface area (Å²) in [4.78, 5) is 23.1. The molecule has 6 heteroatoms. The van der Waals surface area contributed by atoms with Crippen LogP contribution >= 0.6 is 0 Å². The first kappa shape index (κ1) is 20.9. The lowest BCUT2D eigenvalue weighted by atomic mass is 9.78. The molecule has 0 bridgehead atoms. The first-order valence-corrected chi connectivity index (χ1v) is 10.9. The molecule has 1 aliphatic heterocycles. The maximum Gasteiger partial charge on any atom is 0.335 e. The van der Waals surface area contributed by atoms with Gasteiger partial charge >= 0.3 is 11.9 Å². The highest BCUT2D eigenvalue weighted by atomic mass is 19.1. The molecule has 5 aromatic carbocycles. The Morgan fingerprint density at radius 1 is 0.657 bits per heavy atom. The van der Waals surface area contributed by atoms with Crippen molar-refractivity contribution >= 4 is 33.5 Å². The van der Waals surface area contributed by atoms with E-state index >= 15 is 0 Å². The van der Waals surface area contributed by atoms with Gasteiger partial charge in [0.1, 0.15) is 17.3 Å². The van der Waals surface area contributed by atoms with Crippen LogP contribution in [0.5, 0.6) is 11.5 Å². The van der Waals surface area contributed by atoms with Crippen LogP contribution in [0.4, 0.5) is 4.39 Å². The van der Waals surface area contributed by atoms with Gasteiger partial charge in [0.15, 0.2) is 0 Å². The number of fused-ring (bicyclic) bond motifs is 6. The molecule has 0 radical (unpaired) electrons. The molecule has 0 saturated heterocycles. The first-order chi connectivity index (χ1) is 16.9. The molecule has 5 nitrogen and oxygen atoms in total. The van der Waals surface area contributed by atoms with E-state index in [1.807, 2.05) is 24.3 Å². The molecule has 0 aromatic heterocycles. The Labute approximate surface area is 198 Å².